The van der Waals surface area contributed by atoms with Gasteiger partial charge < -0.3 is 10.1 Å². The summed E-state index contributed by atoms with van der Waals surface area (Å²) in [5.41, 5.74) is -1.20. The SMILES string of the molecule is CC(C)(Oc1ccc(F)cc1Cl)C(=O)NC1[C@@H]2CC3C[C@H]1CC(S(C)(=O)=O)(C3)C2. The fraction of sp³-hybridized carbons (Fsp3) is 0.667. The largest absolute Gasteiger partial charge is 0.476 e. The molecular weight excluding hydrogens is 417 g/mol. The number of benzene rings is 1. The Hall–Kier alpha value is -1.34. The van der Waals surface area contributed by atoms with Crippen molar-refractivity contribution in [2.45, 2.75) is 62.3 Å². The van der Waals surface area contributed by atoms with Gasteiger partial charge in [0.25, 0.3) is 5.91 Å². The molecule has 160 valence electrons. The first kappa shape index (κ1) is 20.9. The molecule has 3 unspecified atom stereocenters. The Balaban J connectivity index is 1.49. The highest BCUT2D eigenvalue weighted by atomic mass is 35.5. The van der Waals surface area contributed by atoms with E-state index in [1.165, 1.54) is 18.4 Å². The number of sulfone groups is 1. The van der Waals surface area contributed by atoms with E-state index < -0.39 is 26.0 Å². The molecule has 0 aliphatic heterocycles. The molecule has 0 saturated heterocycles. The second-order valence-electron chi connectivity index (χ2n) is 9.61. The van der Waals surface area contributed by atoms with Crippen LogP contribution in [-0.4, -0.2) is 37.0 Å². The zero-order valence-corrected chi connectivity index (χ0v) is 18.4. The molecule has 4 fully saturated rings. The third-order valence-electron chi connectivity index (χ3n) is 7.11. The summed E-state index contributed by atoms with van der Waals surface area (Å²) in [5, 5.41) is 3.25. The monoisotopic (exact) mass is 443 g/mol. The first-order valence-corrected chi connectivity index (χ1v) is 12.3. The molecule has 5 atom stereocenters. The number of hydrogen-bond acceptors (Lipinski definition) is 4. The van der Waals surface area contributed by atoms with Crippen molar-refractivity contribution in [2.75, 3.05) is 6.26 Å². The molecule has 0 aromatic heterocycles. The van der Waals surface area contributed by atoms with Gasteiger partial charge in [-0.3, -0.25) is 4.79 Å². The van der Waals surface area contributed by atoms with Gasteiger partial charge >= 0.3 is 0 Å². The fourth-order valence-corrected chi connectivity index (χ4v) is 7.62. The average Bonchev–Trinajstić information content (AvgIpc) is 2.59. The lowest BCUT2D eigenvalue weighted by molar-refractivity contribution is -0.137. The normalized spacial score (nSPS) is 33.6. The van der Waals surface area contributed by atoms with Gasteiger partial charge in [-0.2, -0.15) is 0 Å². The van der Waals surface area contributed by atoms with Gasteiger partial charge in [-0.25, -0.2) is 12.8 Å². The maximum absolute atomic E-state index is 13.3. The van der Waals surface area contributed by atoms with Crippen LogP contribution in [0.5, 0.6) is 5.75 Å². The van der Waals surface area contributed by atoms with Gasteiger partial charge in [-0.05, 0) is 81.9 Å². The molecule has 4 aliphatic carbocycles. The van der Waals surface area contributed by atoms with Crippen molar-refractivity contribution < 1.29 is 22.3 Å². The number of nitrogens with one attached hydrogen (secondary N) is 1. The van der Waals surface area contributed by atoms with Gasteiger partial charge in [0.1, 0.15) is 11.6 Å². The minimum atomic E-state index is -3.13. The highest BCUT2D eigenvalue weighted by Crippen LogP contribution is 2.58. The van der Waals surface area contributed by atoms with E-state index in [0.29, 0.717) is 18.8 Å². The standard InChI is InChI=1S/C21H27ClFNO4S/c1-20(2,28-17-5-4-15(23)8-16(17)22)19(25)24-18-13-6-12-7-14(18)11-21(9-12,10-13)29(3,26)27/h4-5,8,12-14,18H,6-7,9-11H2,1-3H3,(H,24,25)/t12?,13-,14+,18?,21?. The Labute approximate surface area is 176 Å². The van der Waals surface area contributed by atoms with Crippen molar-refractivity contribution in [3.63, 3.8) is 0 Å². The molecule has 1 N–H and O–H groups in total. The highest BCUT2D eigenvalue weighted by molar-refractivity contribution is 7.92. The molecule has 0 spiro atoms. The highest BCUT2D eigenvalue weighted by Gasteiger charge is 2.60. The lowest BCUT2D eigenvalue weighted by Crippen LogP contribution is -2.65. The van der Waals surface area contributed by atoms with E-state index in [2.05, 4.69) is 5.32 Å². The van der Waals surface area contributed by atoms with Crippen molar-refractivity contribution >= 4 is 27.3 Å². The summed E-state index contributed by atoms with van der Waals surface area (Å²) in [4.78, 5) is 13.0. The van der Waals surface area contributed by atoms with Crippen molar-refractivity contribution in [3.8, 4) is 5.75 Å². The zero-order chi connectivity index (χ0) is 21.2. The molecule has 1 aromatic rings. The molecule has 4 aliphatic rings. The Kier molecular flexibility index (Phi) is 4.93. The van der Waals surface area contributed by atoms with Crippen LogP contribution in [0, 0.1) is 23.6 Å². The molecule has 5 rings (SSSR count). The van der Waals surface area contributed by atoms with Gasteiger partial charge in [0, 0.05) is 12.3 Å². The predicted molar refractivity (Wildman–Crippen MR) is 109 cm³/mol. The third-order valence-corrected chi connectivity index (χ3v) is 9.48. The number of carbonyl (C=O) groups is 1. The molecular formula is C21H27ClFNO4S. The third kappa shape index (κ3) is 3.65. The topological polar surface area (TPSA) is 72.5 Å². The first-order chi connectivity index (χ1) is 13.4. The van der Waals surface area contributed by atoms with Crippen LogP contribution >= 0.6 is 11.6 Å². The van der Waals surface area contributed by atoms with E-state index in [-0.39, 0.29) is 34.6 Å². The summed E-state index contributed by atoms with van der Waals surface area (Å²) < 4.78 is 43.4. The Morgan fingerprint density at radius 2 is 1.86 bits per heavy atom. The van der Waals surface area contributed by atoms with Crippen LogP contribution in [-0.2, 0) is 14.6 Å². The van der Waals surface area contributed by atoms with Crippen LogP contribution in [0.4, 0.5) is 4.39 Å². The quantitative estimate of drug-likeness (QED) is 0.752. The van der Waals surface area contributed by atoms with E-state index >= 15 is 0 Å². The van der Waals surface area contributed by atoms with E-state index in [1.807, 2.05) is 0 Å². The van der Waals surface area contributed by atoms with Crippen LogP contribution in [0.15, 0.2) is 18.2 Å². The van der Waals surface area contributed by atoms with Crippen LogP contribution < -0.4 is 10.1 Å². The van der Waals surface area contributed by atoms with E-state index in [4.69, 9.17) is 16.3 Å². The predicted octanol–water partition coefficient (Wildman–Crippen LogP) is 3.74. The van der Waals surface area contributed by atoms with Crippen molar-refractivity contribution in [1.82, 2.24) is 5.32 Å². The molecule has 8 heteroatoms. The second kappa shape index (κ2) is 6.84. The van der Waals surface area contributed by atoms with Crippen molar-refractivity contribution in [3.05, 3.63) is 29.0 Å². The summed E-state index contributed by atoms with van der Waals surface area (Å²) in [5.74, 6) is 0.268. The van der Waals surface area contributed by atoms with Gasteiger partial charge in [0.2, 0.25) is 0 Å². The van der Waals surface area contributed by atoms with E-state index in [0.717, 1.165) is 25.3 Å². The van der Waals surface area contributed by atoms with E-state index in [9.17, 15) is 17.6 Å². The number of hydrogen-bond donors (Lipinski definition) is 1. The van der Waals surface area contributed by atoms with Gasteiger partial charge in [-0.15, -0.1) is 0 Å². The fourth-order valence-electron chi connectivity index (χ4n) is 5.84. The number of ether oxygens (including phenoxy) is 1. The zero-order valence-electron chi connectivity index (χ0n) is 16.9. The van der Waals surface area contributed by atoms with Gasteiger partial charge in [-0.1, -0.05) is 11.6 Å². The lowest BCUT2D eigenvalue weighted by Gasteiger charge is -2.59. The average molecular weight is 444 g/mol. The van der Waals surface area contributed by atoms with Crippen LogP contribution in [0.25, 0.3) is 0 Å². The number of amides is 1. The van der Waals surface area contributed by atoms with Crippen LogP contribution in [0.1, 0.15) is 46.0 Å². The first-order valence-electron chi connectivity index (χ1n) is 10.0. The molecule has 0 radical (unpaired) electrons. The summed E-state index contributed by atoms with van der Waals surface area (Å²) in [6.07, 6.45) is 5.28. The van der Waals surface area contributed by atoms with E-state index in [1.54, 1.807) is 13.8 Å². The molecule has 5 nitrogen and oxygen atoms in total. The summed E-state index contributed by atoms with van der Waals surface area (Å²) in [6.45, 7) is 3.30. The molecule has 4 bridgehead atoms. The van der Waals surface area contributed by atoms with Crippen LogP contribution in [0.3, 0.4) is 0 Å². The van der Waals surface area contributed by atoms with Crippen molar-refractivity contribution in [2.24, 2.45) is 17.8 Å². The number of carbonyl (C=O) groups excluding carboxylic acids is 1. The lowest BCUT2D eigenvalue weighted by atomic mass is 9.53. The second-order valence-corrected chi connectivity index (χ2v) is 12.4. The van der Waals surface area contributed by atoms with Crippen LogP contribution in [0.2, 0.25) is 5.02 Å². The Morgan fingerprint density at radius 3 is 2.41 bits per heavy atom. The van der Waals surface area contributed by atoms with Gasteiger partial charge in [0.15, 0.2) is 15.4 Å². The smallest absolute Gasteiger partial charge is 0.263 e. The molecule has 4 saturated carbocycles. The minimum Gasteiger partial charge on any atom is -0.476 e. The molecule has 1 amide bonds. The molecule has 1 aromatic carbocycles. The number of halogens is 2. The maximum Gasteiger partial charge on any atom is 0.263 e. The number of rotatable bonds is 5. The Morgan fingerprint density at radius 1 is 1.24 bits per heavy atom. The molecule has 0 heterocycles. The minimum absolute atomic E-state index is 0.0412. The summed E-state index contributed by atoms with van der Waals surface area (Å²) >= 11 is 6.04. The Bertz CT molecular complexity index is 932. The van der Waals surface area contributed by atoms with Crippen molar-refractivity contribution in [1.29, 1.82) is 0 Å². The summed E-state index contributed by atoms with van der Waals surface area (Å²) in [7, 11) is -3.13. The summed E-state index contributed by atoms with van der Waals surface area (Å²) in [6, 6.07) is 3.75. The van der Waals surface area contributed by atoms with Gasteiger partial charge in [0.05, 0.1) is 9.77 Å². The molecule has 29 heavy (non-hydrogen) atoms. The maximum atomic E-state index is 13.3.